The summed E-state index contributed by atoms with van der Waals surface area (Å²) in [5.74, 6) is 0. The van der Waals surface area contributed by atoms with Crippen LogP contribution >= 0.6 is 23.2 Å². The van der Waals surface area contributed by atoms with E-state index >= 15 is 0 Å². The average Bonchev–Trinajstić information content (AvgIpc) is 2.19. The fourth-order valence-electron chi connectivity index (χ4n) is 1.04. The maximum Gasteiger partial charge on any atom is 0.179 e. The summed E-state index contributed by atoms with van der Waals surface area (Å²) in [5, 5.41) is 9.66. The number of halogens is 2. The summed E-state index contributed by atoms with van der Waals surface area (Å²) in [4.78, 5) is 1.57. The second-order valence-corrected chi connectivity index (χ2v) is 3.83. The molecule has 1 aromatic carbocycles. The zero-order valence-electron chi connectivity index (χ0n) is 7.80. The van der Waals surface area contributed by atoms with E-state index in [1.54, 1.807) is 18.0 Å². The third-order valence-corrected chi connectivity index (χ3v) is 2.63. The maximum atomic E-state index is 8.54. The molecular weight excluding hydrogens is 219 g/mol. The Labute approximate surface area is 93.7 Å². The number of hydrogen-bond donors (Lipinski definition) is 0. The van der Waals surface area contributed by atoms with Gasteiger partial charge in [-0.2, -0.15) is 5.26 Å². The first-order valence-electron chi connectivity index (χ1n) is 4.18. The van der Waals surface area contributed by atoms with Gasteiger partial charge in [0.2, 0.25) is 0 Å². The van der Waals surface area contributed by atoms with E-state index in [1.807, 2.05) is 18.3 Å². The van der Waals surface area contributed by atoms with Crippen molar-refractivity contribution < 1.29 is 0 Å². The molecule has 4 heteroatoms. The predicted molar refractivity (Wildman–Crippen MR) is 58.4 cm³/mol. The Morgan fingerprint density at radius 3 is 2.64 bits per heavy atom. The minimum Gasteiger partial charge on any atom is -0.313 e. The first-order valence-corrected chi connectivity index (χ1v) is 4.94. The third kappa shape index (κ3) is 3.10. The first kappa shape index (κ1) is 11.2. The van der Waals surface area contributed by atoms with Crippen LogP contribution in [-0.4, -0.2) is 18.5 Å². The van der Waals surface area contributed by atoms with Crippen molar-refractivity contribution in [2.45, 2.75) is 6.42 Å². The van der Waals surface area contributed by atoms with Gasteiger partial charge in [0, 0.05) is 13.6 Å². The lowest BCUT2D eigenvalue weighted by molar-refractivity contribution is 0.478. The summed E-state index contributed by atoms with van der Waals surface area (Å²) in [6.45, 7) is 0.689. The van der Waals surface area contributed by atoms with Crippen LogP contribution in [0.25, 0.3) is 0 Å². The van der Waals surface area contributed by atoms with E-state index in [2.05, 4.69) is 0 Å². The Morgan fingerprint density at radius 2 is 2.07 bits per heavy atom. The van der Waals surface area contributed by atoms with Crippen LogP contribution in [-0.2, 0) is 6.42 Å². The fourth-order valence-corrected chi connectivity index (χ4v) is 1.36. The van der Waals surface area contributed by atoms with Crippen molar-refractivity contribution in [1.82, 2.24) is 4.90 Å². The Kier molecular flexibility index (Phi) is 4.06. The van der Waals surface area contributed by atoms with Crippen molar-refractivity contribution in [2.24, 2.45) is 0 Å². The molecule has 1 aromatic rings. The molecule has 0 aliphatic carbocycles. The van der Waals surface area contributed by atoms with Crippen LogP contribution in [0.15, 0.2) is 18.2 Å². The quantitative estimate of drug-likeness (QED) is 0.588. The molecule has 74 valence electrons. The minimum absolute atomic E-state index is 0.559. The van der Waals surface area contributed by atoms with Gasteiger partial charge in [-0.25, -0.2) is 0 Å². The third-order valence-electron chi connectivity index (χ3n) is 1.89. The SMILES string of the molecule is CN(C#N)CCc1ccc(Cl)c(Cl)c1. The van der Waals surface area contributed by atoms with Crippen molar-refractivity contribution in [3.8, 4) is 6.19 Å². The molecule has 0 atom stereocenters. The molecule has 0 saturated carbocycles. The van der Waals surface area contributed by atoms with E-state index in [4.69, 9.17) is 28.5 Å². The van der Waals surface area contributed by atoms with E-state index in [0.717, 1.165) is 12.0 Å². The lowest BCUT2D eigenvalue weighted by Crippen LogP contribution is -2.14. The second kappa shape index (κ2) is 5.09. The van der Waals surface area contributed by atoms with E-state index in [-0.39, 0.29) is 0 Å². The molecule has 0 bridgehead atoms. The number of hydrogen-bond acceptors (Lipinski definition) is 2. The molecule has 0 unspecified atom stereocenters. The molecule has 0 aliphatic heterocycles. The summed E-state index contributed by atoms with van der Waals surface area (Å²) in [6.07, 6.45) is 2.83. The monoisotopic (exact) mass is 228 g/mol. The molecule has 14 heavy (non-hydrogen) atoms. The van der Waals surface area contributed by atoms with Crippen molar-refractivity contribution in [1.29, 1.82) is 5.26 Å². The average molecular weight is 229 g/mol. The van der Waals surface area contributed by atoms with Crippen molar-refractivity contribution in [3.63, 3.8) is 0 Å². The molecule has 0 N–H and O–H groups in total. The highest BCUT2D eigenvalue weighted by molar-refractivity contribution is 6.42. The highest BCUT2D eigenvalue weighted by Gasteiger charge is 2.00. The van der Waals surface area contributed by atoms with Gasteiger partial charge in [0.15, 0.2) is 6.19 Å². The molecule has 1 rings (SSSR count). The smallest absolute Gasteiger partial charge is 0.179 e. The van der Waals surface area contributed by atoms with Crippen molar-refractivity contribution in [2.75, 3.05) is 13.6 Å². The van der Waals surface area contributed by atoms with Gasteiger partial charge in [0.1, 0.15) is 0 Å². The van der Waals surface area contributed by atoms with Crippen LogP contribution in [0, 0.1) is 11.5 Å². The van der Waals surface area contributed by atoms with E-state index < -0.39 is 0 Å². The van der Waals surface area contributed by atoms with Gasteiger partial charge in [0.25, 0.3) is 0 Å². The topological polar surface area (TPSA) is 27.0 Å². The maximum absolute atomic E-state index is 8.54. The zero-order valence-corrected chi connectivity index (χ0v) is 9.31. The summed E-state index contributed by atoms with van der Waals surface area (Å²) in [7, 11) is 1.75. The van der Waals surface area contributed by atoms with Crippen LogP contribution in [0.2, 0.25) is 10.0 Å². The van der Waals surface area contributed by atoms with Crippen LogP contribution in [0.5, 0.6) is 0 Å². The number of benzene rings is 1. The Balaban J connectivity index is 2.61. The molecule has 0 spiro atoms. The molecular formula is C10H10Cl2N2. The highest BCUT2D eigenvalue weighted by atomic mass is 35.5. The van der Waals surface area contributed by atoms with Crippen molar-refractivity contribution in [3.05, 3.63) is 33.8 Å². The second-order valence-electron chi connectivity index (χ2n) is 3.02. The van der Waals surface area contributed by atoms with Crippen LogP contribution < -0.4 is 0 Å². The fraction of sp³-hybridized carbons (Fsp3) is 0.300. The number of likely N-dealkylation sites (N-methyl/N-ethyl adjacent to an activating group) is 1. The number of rotatable bonds is 3. The summed E-state index contributed by atoms with van der Waals surface area (Å²) in [5.41, 5.74) is 1.08. The molecule has 0 aromatic heterocycles. The van der Waals surface area contributed by atoms with Crippen molar-refractivity contribution >= 4 is 23.2 Å². The largest absolute Gasteiger partial charge is 0.313 e. The van der Waals surface area contributed by atoms with E-state index in [0.29, 0.717) is 16.6 Å². The first-order chi connectivity index (χ1) is 6.63. The molecule has 0 aliphatic rings. The molecule has 0 heterocycles. The van der Waals surface area contributed by atoms with Gasteiger partial charge in [-0.1, -0.05) is 29.3 Å². The van der Waals surface area contributed by atoms with Gasteiger partial charge in [0.05, 0.1) is 10.0 Å². The Hall–Kier alpha value is -0.910. The van der Waals surface area contributed by atoms with Gasteiger partial charge < -0.3 is 4.90 Å². The van der Waals surface area contributed by atoms with E-state index in [1.165, 1.54) is 0 Å². The van der Waals surface area contributed by atoms with E-state index in [9.17, 15) is 0 Å². The van der Waals surface area contributed by atoms with Gasteiger partial charge >= 0.3 is 0 Å². The van der Waals surface area contributed by atoms with Crippen LogP contribution in [0.3, 0.4) is 0 Å². The number of nitriles is 1. The summed E-state index contributed by atoms with van der Waals surface area (Å²) < 4.78 is 0. The molecule has 0 fully saturated rings. The summed E-state index contributed by atoms with van der Waals surface area (Å²) >= 11 is 11.6. The predicted octanol–water partition coefficient (Wildman–Crippen LogP) is 2.95. The van der Waals surface area contributed by atoms with Crippen LogP contribution in [0.4, 0.5) is 0 Å². The Morgan fingerprint density at radius 1 is 1.36 bits per heavy atom. The normalized spacial score (nSPS) is 9.57. The zero-order chi connectivity index (χ0) is 10.6. The van der Waals surface area contributed by atoms with Gasteiger partial charge in [-0.15, -0.1) is 0 Å². The standard InChI is InChI=1S/C10H10Cl2N2/c1-14(7-13)5-4-8-2-3-9(11)10(12)6-8/h2-3,6H,4-5H2,1H3. The molecule has 2 nitrogen and oxygen atoms in total. The van der Waals surface area contributed by atoms with Gasteiger partial charge in [-0.3, -0.25) is 0 Å². The van der Waals surface area contributed by atoms with Gasteiger partial charge in [-0.05, 0) is 24.1 Å². The lowest BCUT2D eigenvalue weighted by Gasteiger charge is -2.08. The Bertz CT molecular complexity index is 358. The molecule has 0 amide bonds. The minimum atomic E-state index is 0.559. The summed E-state index contributed by atoms with van der Waals surface area (Å²) in [6, 6.07) is 5.51. The number of nitrogens with zero attached hydrogens (tertiary/aromatic N) is 2. The van der Waals surface area contributed by atoms with Crippen LogP contribution in [0.1, 0.15) is 5.56 Å². The highest BCUT2D eigenvalue weighted by Crippen LogP contribution is 2.22. The molecule has 0 saturated heterocycles. The lowest BCUT2D eigenvalue weighted by atomic mass is 10.1. The molecule has 0 radical (unpaired) electrons.